The Kier molecular flexibility index (Phi) is 4.20. The van der Waals surface area contributed by atoms with E-state index in [1.54, 1.807) is 6.92 Å². The van der Waals surface area contributed by atoms with Gasteiger partial charge in [-0.25, -0.2) is 8.42 Å². The summed E-state index contributed by atoms with van der Waals surface area (Å²) in [5, 5.41) is 3.66. The zero-order valence-corrected chi connectivity index (χ0v) is 13.9. The highest BCUT2D eigenvalue weighted by atomic mass is 79.9. The molecule has 0 unspecified atom stereocenters. The second-order valence-corrected chi connectivity index (χ2v) is 7.16. The molecule has 0 amide bonds. The summed E-state index contributed by atoms with van der Waals surface area (Å²) in [7, 11) is -2.13. The first-order chi connectivity index (χ1) is 9.75. The molecule has 0 saturated carbocycles. The highest BCUT2D eigenvalue weighted by Crippen LogP contribution is 2.36. The number of aromatic nitrogens is 1. The second-order valence-electron chi connectivity index (χ2n) is 4.38. The van der Waals surface area contributed by atoms with Gasteiger partial charge in [-0.15, -0.1) is 0 Å². The molecular weight excluding hydrogens is 362 g/mol. The zero-order chi connectivity index (χ0) is 15.8. The summed E-state index contributed by atoms with van der Waals surface area (Å²) in [5.41, 5.74) is 0.384. The van der Waals surface area contributed by atoms with Crippen LogP contribution in [-0.4, -0.2) is 32.7 Å². The van der Waals surface area contributed by atoms with E-state index in [2.05, 4.69) is 21.1 Å². The van der Waals surface area contributed by atoms with Gasteiger partial charge in [0.2, 0.25) is 5.78 Å². The normalized spacial score (nSPS) is 11.4. The number of aryl methyl sites for hydroxylation is 1. The first kappa shape index (κ1) is 15.7. The third kappa shape index (κ3) is 3.01. The molecule has 1 aromatic heterocycles. The fourth-order valence-corrected chi connectivity index (χ4v) is 3.46. The summed E-state index contributed by atoms with van der Waals surface area (Å²) < 4.78 is 33.7. The van der Waals surface area contributed by atoms with Gasteiger partial charge in [-0.3, -0.25) is 4.79 Å². The number of carbonyl (C=O) groups is 1. The smallest absolute Gasteiger partial charge is 0.216 e. The molecule has 6 nitrogen and oxygen atoms in total. The number of rotatable bonds is 4. The molecule has 2 rings (SSSR count). The van der Waals surface area contributed by atoms with Crippen LogP contribution >= 0.6 is 15.9 Å². The molecular formula is C13H12BrNO5S. The third-order valence-electron chi connectivity index (χ3n) is 2.77. The van der Waals surface area contributed by atoms with Gasteiger partial charge in [0.15, 0.2) is 21.3 Å². The van der Waals surface area contributed by atoms with E-state index in [0.717, 1.165) is 6.26 Å². The minimum Gasteiger partial charge on any atom is -0.494 e. The van der Waals surface area contributed by atoms with Gasteiger partial charge in [-0.05, 0) is 35.0 Å². The Morgan fingerprint density at radius 2 is 2.05 bits per heavy atom. The lowest BCUT2D eigenvalue weighted by atomic mass is 10.1. The Bertz CT molecular complexity index is 810. The summed E-state index contributed by atoms with van der Waals surface area (Å²) in [4.78, 5) is 12.4. The average molecular weight is 374 g/mol. The fourth-order valence-electron chi connectivity index (χ4n) is 1.81. The van der Waals surface area contributed by atoms with E-state index >= 15 is 0 Å². The molecule has 0 saturated heterocycles. The molecule has 0 atom stereocenters. The Balaban J connectivity index is 2.60. The summed E-state index contributed by atoms with van der Waals surface area (Å²) in [5.74, 6) is 0.204. The van der Waals surface area contributed by atoms with Crippen molar-refractivity contribution in [2.24, 2.45) is 0 Å². The lowest BCUT2D eigenvalue weighted by Gasteiger charge is -2.11. The first-order valence-corrected chi connectivity index (χ1v) is 8.48. The molecule has 112 valence electrons. The predicted octanol–water partition coefficient (Wildman–Crippen LogP) is 2.39. The van der Waals surface area contributed by atoms with Crippen LogP contribution in [0.3, 0.4) is 0 Å². The molecule has 8 heteroatoms. The molecule has 0 aliphatic heterocycles. The Morgan fingerprint density at radius 3 is 2.52 bits per heavy atom. The lowest BCUT2D eigenvalue weighted by molar-refractivity contribution is 0.102. The van der Waals surface area contributed by atoms with Gasteiger partial charge in [-0.1, -0.05) is 5.16 Å². The van der Waals surface area contributed by atoms with E-state index in [1.807, 2.05) is 0 Å². The standard InChI is InChI=1S/C13H12BrNO5S/c1-7-6-9(15-20-7)12(16)8-4-5-10(21(3,17)18)13(19-2)11(8)14/h4-6H,1-3H3. The van der Waals surface area contributed by atoms with Crippen LogP contribution in [0.4, 0.5) is 0 Å². The fraction of sp³-hybridized carbons (Fsp3) is 0.231. The van der Waals surface area contributed by atoms with Crippen molar-refractivity contribution in [3.05, 3.63) is 39.7 Å². The van der Waals surface area contributed by atoms with Gasteiger partial charge in [0.1, 0.15) is 10.7 Å². The zero-order valence-electron chi connectivity index (χ0n) is 11.5. The number of methoxy groups -OCH3 is 1. The number of ketones is 1. The van der Waals surface area contributed by atoms with E-state index in [-0.39, 0.29) is 26.4 Å². The maximum Gasteiger partial charge on any atom is 0.216 e. The van der Waals surface area contributed by atoms with Crippen molar-refractivity contribution in [3.8, 4) is 5.75 Å². The molecule has 21 heavy (non-hydrogen) atoms. The summed E-state index contributed by atoms with van der Waals surface area (Å²) in [6.07, 6.45) is 1.07. The number of ether oxygens (including phenoxy) is 1. The Hall–Kier alpha value is -1.67. The van der Waals surface area contributed by atoms with Crippen molar-refractivity contribution in [1.82, 2.24) is 5.16 Å². The maximum absolute atomic E-state index is 12.4. The van der Waals surface area contributed by atoms with Crippen LogP contribution in [0.25, 0.3) is 0 Å². The van der Waals surface area contributed by atoms with Crippen LogP contribution in [0.1, 0.15) is 21.8 Å². The molecule has 1 heterocycles. The molecule has 0 fully saturated rings. The molecule has 0 aliphatic rings. The second kappa shape index (κ2) is 5.61. The van der Waals surface area contributed by atoms with E-state index in [4.69, 9.17) is 9.26 Å². The number of nitrogens with zero attached hydrogens (tertiary/aromatic N) is 1. The number of carbonyl (C=O) groups excluding carboxylic acids is 1. The van der Waals surface area contributed by atoms with Crippen LogP contribution in [-0.2, 0) is 9.84 Å². The minimum absolute atomic E-state index is 0.00441. The Morgan fingerprint density at radius 1 is 1.38 bits per heavy atom. The topological polar surface area (TPSA) is 86.5 Å². The molecule has 1 aromatic carbocycles. The van der Waals surface area contributed by atoms with Gasteiger partial charge in [0.05, 0.1) is 11.6 Å². The van der Waals surface area contributed by atoms with Gasteiger partial charge >= 0.3 is 0 Å². The summed E-state index contributed by atoms with van der Waals surface area (Å²) in [6.45, 7) is 1.67. The first-order valence-electron chi connectivity index (χ1n) is 5.80. The van der Waals surface area contributed by atoms with Crippen molar-refractivity contribution in [2.75, 3.05) is 13.4 Å². The number of sulfone groups is 1. The van der Waals surface area contributed by atoms with E-state index in [9.17, 15) is 13.2 Å². The van der Waals surface area contributed by atoms with Crippen LogP contribution in [0, 0.1) is 6.92 Å². The molecule has 0 N–H and O–H groups in total. The molecule has 0 radical (unpaired) electrons. The van der Waals surface area contributed by atoms with Crippen molar-refractivity contribution in [2.45, 2.75) is 11.8 Å². The summed E-state index contributed by atoms with van der Waals surface area (Å²) >= 11 is 3.22. The van der Waals surface area contributed by atoms with E-state index < -0.39 is 15.6 Å². The Labute approximate surface area is 130 Å². The van der Waals surface area contributed by atoms with Gasteiger partial charge in [0, 0.05) is 17.9 Å². The highest BCUT2D eigenvalue weighted by molar-refractivity contribution is 9.10. The largest absolute Gasteiger partial charge is 0.494 e. The molecule has 0 aliphatic carbocycles. The third-order valence-corrected chi connectivity index (χ3v) is 4.68. The van der Waals surface area contributed by atoms with Crippen molar-refractivity contribution in [1.29, 1.82) is 0 Å². The molecule has 0 spiro atoms. The monoisotopic (exact) mass is 373 g/mol. The number of hydrogen-bond acceptors (Lipinski definition) is 6. The molecule has 2 aromatic rings. The SMILES string of the molecule is COc1c(S(C)(=O)=O)ccc(C(=O)c2cc(C)on2)c1Br. The van der Waals surface area contributed by atoms with Crippen LogP contribution in [0.15, 0.2) is 32.1 Å². The van der Waals surface area contributed by atoms with Gasteiger partial charge in [-0.2, -0.15) is 0 Å². The number of hydrogen-bond donors (Lipinski definition) is 0. The predicted molar refractivity (Wildman–Crippen MR) is 78.5 cm³/mol. The van der Waals surface area contributed by atoms with Crippen LogP contribution in [0.2, 0.25) is 0 Å². The summed E-state index contributed by atoms with van der Waals surface area (Å²) in [6, 6.07) is 4.25. The van der Waals surface area contributed by atoms with Crippen molar-refractivity contribution < 1.29 is 22.5 Å². The number of halogens is 1. The highest BCUT2D eigenvalue weighted by Gasteiger charge is 2.24. The van der Waals surface area contributed by atoms with Gasteiger partial charge in [0.25, 0.3) is 0 Å². The van der Waals surface area contributed by atoms with Crippen molar-refractivity contribution >= 4 is 31.6 Å². The van der Waals surface area contributed by atoms with Crippen LogP contribution < -0.4 is 4.74 Å². The van der Waals surface area contributed by atoms with Crippen LogP contribution in [0.5, 0.6) is 5.75 Å². The quantitative estimate of drug-likeness (QED) is 0.764. The number of benzene rings is 1. The van der Waals surface area contributed by atoms with E-state index in [0.29, 0.717) is 5.76 Å². The minimum atomic E-state index is -3.47. The van der Waals surface area contributed by atoms with Crippen molar-refractivity contribution in [3.63, 3.8) is 0 Å². The van der Waals surface area contributed by atoms with Gasteiger partial charge < -0.3 is 9.26 Å². The van der Waals surface area contributed by atoms with E-state index in [1.165, 1.54) is 25.3 Å². The maximum atomic E-state index is 12.4. The molecule has 0 bridgehead atoms. The average Bonchev–Trinajstić information content (AvgIpc) is 2.83. The lowest BCUT2D eigenvalue weighted by Crippen LogP contribution is -2.07.